The lowest BCUT2D eigenvalue weighted by Crippen LogP contribution is -2.50. The molecule has 1 saturated heterocycles. The smallest absolute Gasteiger partial charge is 0.257 e. The molecule has 0 atom stereocenters. The van der Waals surface area contributed by atoms with Crippen molar-refractivity contribution in [1.82, 2.24) is 24.5 Å². The van der Waals surface area contributed by atoms with E-state index < -0.39 is 0 Å². The lowest BCUT2D eigenvalue weighted by Gasteiger charge is -2.39. The lowest BCUT2D eigenvalue weighted by molar-refractivity contribution is 0.0502. The van der Waals surface area contributed by atoms with E-state index in [1.165, 1.54) is 0 Å². The van der Waals surface area contributed by atoms with Gasteiger partial charge in [-0.15, -0.1) is 0 Å². The Kier molecular flexibility index (Phi) is 4.55. The van der Waals surface area contributed by atoms with Gasteiger partial charge in [0, 0.05) is 37.2 Å². The first-order valence-corrected chi connectivity index (χ1v) is 9.81. The zero-order valence-corrected chi connectivity index (χ0v) is 16.5. The highest BCUT2D eigenvalue weighted by atomic mass is 16.5. The molecule has 5 rings (SSSR count). The summed E-state index contributed by atoms with van der Waals surface area (Å²) in [7, 11) is 1.63. The molecule has 7 heteroatoms. The van der Waals surface area contributed by atoms with Crippen molar-refractivity contribution in [1.29, 1.82) is 0 Å². The molecule has 30 heavy (non-hydrogen) atoms. The number of methoxy groups -OCH3 is 1. The Morgan fingerprint density at radius 2 is 1.80 bits per heavy atom. The van der Waals surface area contributed by atoms with Crippen molar-refractivity contribution in [3.63, 3.8) is 0 Å². The number of hydrogen-bond acceptors (Lipinski definition) is 4. The molecule has 0 unspecified atom stereocenters. The molecule has 3 heterocycles. The molecular weight excluding hydrogens is 378 g/mol. The number of likely N-dealkylation sites (tertiary alicyclic amines) is 1. The lowest BCUT2D eigenvalue weighted by atomic mass is 10.0. The average Bonchev–Trinajstić information content (AvgIpc) is 3.44. The van der Waals surface area contributed by atoms with E-state index in [-0.39, 0.29) is 11.9 Å². The summed E-state index contributed by atoms with van der Waals surface area (Å²) in [5, 5.41) is 9.03. The molecule has 1 fully saturated rings. The van der Waals surface area contributed by atoms with Crippen LogP contribution in [0, 0.1) is 0 Å². The minimum absolute atomic E-state index is 0.0218. The molecule has 1 aliphatic heterocycles. The molecule has 1 amide bonds. The van der Waals surface area contributed by atoms with Crippen LogP contribution in [0.4, 0.5) is 0 Å². The zero-order chi connectivity index (χ0) is 20.5. The Morgan fingerprint density at radius 1 is 1.03 bits per heavy atom. The third-order valence-electron chi connectivity index (χ3n) is 5.38. The Morgan fingerprint density at radius 3 is 2.47 bits per heavy atom. The Labute approximate surface area is 174 Å². The van der Waals surface area contributed by atoms with Gasteiger partial charge in [0.05, 0.1) is 24.4 Å². The van der Waals surface area contributed by atoms with E-state index in [1.54, 1.807) is 18.0 Å². The number of para-hydroxylation sites is 1. The average molecular weight is 399 g/mol. The van der Waals surface area contributed by atoms with Crippen LogP contribution in [0.15, 0.2) is 79.3 Å². The van der Waals surface area contributed by atoms with Crippen LogP contribution < -0.4 is 4.74 Å². The quantitative estimate of drug-likeness (QED) is 0.516. The van der Waals surface area contributed by atoms with Gasteiger partial charge in [0.25, 0.3) is 5.91 Å². The molecule has 0 bridgehead atoms. The van der Waals surface area contributed by atoms with Crippen LogP contribution in [0.5, 0.6) is 5.75 Å². The number of aromatic nitrogens is 4. The number of carbonyl (C=O) groups excluding carboxylic acids is 1. The Hall–Kier alpha value is -3.87. The second kappa shape index (κ2) is 7.51. The topological polar surface area (TPSA) is 65.2 Å². The molecule has 2 aromatic carbocycles. The van der Waals surface area contributed by atoms with Crippen molar-refractivity contribution in [2.75, 3.05) is 20.2 Å². The predicted octanol–water partition coefficient (Wildman–Crippen LogP) is 3.44. The third kappa shape index (κ3) is 3.24. The maximum absolute atomic E-state index is 13.3. The number of rotatable bonds is 5. The predicted molar refractivity (Wildman–Crippen MR) is 113 cm³/mol. The number of ether oxygens (including phenoxy) is 1. The minimum atomic E-state index is -0.0218. The molecule has 0 saturated carbocycles. The molecule has 0 aliphatic carbocycles. The first-order valence-electron chi connectivity index (χ1n) is 9.81. The van der Waals surface area contributed by atoms with Crippen LogP contribution in [0.3, 0.4) is 0 Å². The summed E-state index contributed by atoms with van der Waals surface area (Å²) < 4.78 is 8.93. The molecule has 150 valence electrons. The molecule has 1 aliphatic rings. The van der Waals surface area contributed by atoms with Crippen LogP contribution in [-0.2, 0) is 0 Å². The third-order valence-corrected chi connectivity index (χ3v) is 5.38. The maximum atomic E-state index is 13.3. The van der Waals surface area contributed by atoms with E-state index in [1.807, 2.05) is 82.6 Å². The van der Waals surface area contributed by atoms with Crippen molar-refractivity contribution in [3.05, 3.63) is 84.8 Å². The van der Waals surface area contributed by atoms with Crippen molar-refractivity contribution >= 4 is 5.91 Å². The fourth-order valence-electron chi connectivity index (χ4n) is 3.66. The number of carbonyl (C=O) groups is 1. The van der Waals surface area contributed by atoms with Crippen LogP contribution in [0.25, 0.3) is 16.9 Å². The van der Waals surface area contributed by atoms with Gasteiger partial charge in [-0.25, -0.2) is 4.68 Å². The number of benzene rings is 2. The van der Waals surface area contributed by atoms with E-state index in [0.717, 1.165) is 17.0 Å². The van der Waals surface area contributed by atoms with Crippen LogP contribution in [-0.4, -0.2) is 50.6 Å². The van der Waals surface area contributed by atoms with Gasteiger partial charge in [-0.05, 0) is 42.5 Å². The molecule has 0 N–H and O–H groups in total. The summed E-state index contributed by atoms with van der Waals surface area (Å²) >= 11 is 0. The largest absolute Gasteiger partial charge is 0.497 e. The van der Waals surface area contributed by atoms with E-state index in [2.05, 4.69) is 5.10 Å². The van der Waals surface area contributed by atoms with E-state index in [9.17, 15) is 4.79 Å². The SMILES string of the molecule is COc1ccc(-c2nn(-c3ccccc3)cc2C(=O)N2CC(n3cccn3)C2)cc1. The van der Waals surface area contributed by atoms with Crippen LogP contribution in [0.1, 0.15) is 16.4 Å². The minimum Gasteiger partial charge on any atom is -0.497 e. The zero-order valence-electron chi connectivity index (χ0n) is 16.5. The molecular formula is C23H21N5O2. The molecule has 7 nitrogen and oxygen atoms in total. The number of nitrogens with zero attached hydrogens (tertiary/aromatic N) is 5. The van der Waals surface area contributed by atoms with Crippen LogP contribution in [0.2, 0.25) is 0 Å². The number of amides is 1. The first kappa shape index (κ1) is 18.2. The van der Waals surface area contributed by atoms with Gasteiger partial charge in [0.1, 0.15) is 11.4 Å². The highest BCUT2D eigenvalue weighted by Gasteiger charge is 2.34. The highest BCUT2D eigenvalue weighted by Crippen LogP contribution is 2.29. The highest BCUT2D eigenvalue weighted by molar-refractivity contribution is 6.00. The standard InChI is InChI=1S/C23H21N5O2/c1-30-20-10-8-17(9-11-20)22-21(16-28(25-22)18-6-3-2-4-7-18)23(29)26-14-19(15-26)27-13-5-12-24-27/h2-13,16,19H,14-15H2,1H3. The molecule has 0 spiro atoms. The Bertz CT molecular complexity index is 1140. The second-order valence-corrected chi connectivity index (χ2v) is 7.25. The summed E-state index contributed by atoms with van der Waals surface area (Å²) in [6, 6.07) is 19.5. The maximum Gasteiger partial charge on any atom is 0.257 e. The fourth-order valence-corrected chi connectivity index (χ4v) is 3.66. The second-order valence-electron chi connectivity index (χ2n) is 7.25. The van der Waals surface area contributed by atoms with E-state index in [0.29, 0.717) is 24.3 Å². The molecule has 0 radical (unpaired) electrons. The first-order chi connectivity index (χ1) is 14.7. The van der Waals surface area contributed by atoms with Crippen LogP contribution >= 0.6 is 0 Å². The summed E-state index contributed by atoms with van der Waals surface area (Å²) in [5.74, 6) is 0.741. The van der Waals surface area contributed by atoms with Gasteiger partial charge in [0.15, 0.2) is 0 Å². The van der Waals surface area contributed by atoms with E-state index >= 15 is 0 Å². The van der Waals surface area contributed by atoms with Crippen molar-refractivity contribution in [3.8, 4) is 22.7 Å². The van der Waals surface area contributed by atoms with Gasteiger partial charge in [-0.2, -0.15) is 10.2 Å². The molecule has 2 aromatic heterocycles. The normalized spacial score (nSPS) is 13.8. The summed E-state index contributed by atoms with van der Waals surface area (Å²) in [4.78, 5) is 15.2. The van der Waals surface area contributed by atoms with Gasteiger partial charge in [-0.3, -0.25) is 9.48 Å². The van der Waals surface area contributed by atoms with Gasteiger partial charge >= 0.3 is 0 Å². The number of hydrogen-bond donors (Lipinski definition) is 0. The summed E-state index contributed by atoms with van der Waals surface area (Å²) in [6.45, 7) is 1.28. The monoisotopic (exact) mass is 399 g/mol. The van der Waals surface area contributed by atoms with Gasteiger partial charge < -0.3 is 9.64 Å². The molecule has 4 aromatic rings. The fraction of sp³-hybridized carbons (Fsp3) is 0.174. The van der Waals surface area contributed by atoms with Gasteiger partial charge in [0.2, 0.25) is 0 Å². The Balaban J connectivity index is 1.48. The van der Waals surface area contributed by atoms with E-state index in [4.69, 9.17) is 9.84 Å². The summed E-state index contributed by atoms with van der Waals surface area (Å²) in [6.07, 6.45) is 5.51. The van der Waals surface area contributed by atoms with Gasteiger partial charge in [-0.1, -0.05) is 18.2 Å². The summed E-state index contributed by atoms with van der Waals surface area (Å²) in [5.41, 5.74) is 3.03. The van der Waals surface area contributed by atoms with Crippen molar-refractivity contribution in [2.45, 2.75) is 6.04 Å². The van der Waals surface area contributed by atoms with Crippen molar-refractivity contribution < 1.29 is 9.53 Å². The van der Waals surface area contributed by atoms with Crippen molar-refractivity contribution in [2.24, 2.45) is 0 Å².